The van der Waals surface area contributed by atoms with Crippen molar-refractivity contribution in [1.82, 2.24) is 0 Å². The molecule has 0 spiro atoms. The smallest absolute Gasteiger partial charge is 0.146 e. The Bertz CT molecular complexity index is 755. The molecule has 2 aromatic rings. The number of ether oxygens (including phenoxy) is 1. The van der Waals surface area contributed by atoms with Gasteiger partial charge in [0.2, 0.25) is 0 Å². The minimum Gasteiger partial charge on any atom is -0.494 e. The van der Waals surface area contributed by atoms with E-state index in [2.05, 4.69) is 23.5 Å². The highest BCUT2D eigenvalue weighted by molar-refractivity contribution is 5.61. The fraction of sp³-hybridized carbons (Fsp3) is 0.300. The summed E-state index contributed by atoms with van der Waals surface area (Å²) >= 11 is 0. The van der Waals surface area contributed by atoms with Gasteiger partial charge in [0.1, 0.15) is 11.6 Å². The highest BCUT2D eigenvalue weighted by atomic mass is 19.1. The Morgan fingerprint density at radius 2 is 1.96 bits per heavy atom. The summed E-state index contributed by atoms with van der Waals surface area (Å²) in [6.07, 6.45) is 5.44. The first-order valence-electron chi connectivity index (χ1n) is 8.23. The number of allylic oxidation sites excluding steroid dienone is 2. The van der Waals surface area contributed by atoms with Crippen molar-refractivity contribution in [3.8, 4) is 5.75 Å². The molecule has 3 atom stereocenters. The first-order chi connectivity index (χ1) is 11.3. The third-order valence-corrected chi connectivity index (χ3v) is 4.90. The van der Waals surface area contributed by atoms with E-state index in [0.717, 1.165) is 23.3 Å². The minimum absolute atomic E-state index is 0.0575. The number of hydrogen-bond acceptors (Lipinski definition) is 2. The van der Waals surface area contributed by atoms with Crippen molar-refractivity contribution >= 4 is 5.69 Å². The van der Waals surface area contributed by atoms with Crippen LogP contribution in [0.3, 0.4) is 0 Å². The summed E-state index contributed by atoms with van der Waals surface area (Å²) < 4.78 is 20.2. The van der Waals surface area contributed by atoms with E-state index in [1.807, 2.05) is 31.2 Å². The van der Waals surface area contributed by atoms with Crippen molar-refractivity contribution in [3.63, 3.8) is 0 Å². The molecule has 4 rings (SSSR count). The second kappa shape index (κ2) is 5.73. The van der Waals surface area contributed by atoms with Gasteiger partial charge in [-0.3, -0.25) is 0 Å². The molecule has 0 fully saturated rings. The molecular formula is C20H20FNO. The lowest BCUT2D eigenvalue weighted by molar-refractivity contribution is 0.326. The summed E-state index contributed by atoms with van der Waals surface area (Å²) in [5, 5.41) is 3.46. The molecule has 0 saturated carbocycles. The molecule has 1 heterocycles. The Morgan fingerprint density at radius 1 is 1.13 bits per heavy atom. The molecule has 3 unspecified atom stereocenters. The van der Waals surface area contributed by atoms with Crippen LogP contribution in [-0.2, 0) is 0 Å². The number of para-hydroxylation sites is 2. The van der Waals surface area contributed by atoms with Gasteiger partial charge >= 0.3 is 0 Å². The lowest BCUT2D eigenvalue weighted by Crippen LogP contribution is -2.30. The summed E-state index contributed by atoms with van der Waals surface area (Å²) in [7, 11) is 0. The molecule has 2 aliphatic rings. The van der Waals surface area contributed by atoms with Crippen molar-refractivity contribution in [2.24, 2.45) is 5.92 Å². The first kappa shape index (κ1) is 14.3. The largest absolute Gasteiger partial charge is 0.494 e. The molecule has 23 heavy (non-hydrogen) atoms. The van der Waals surface area contributed by atoms with E-state index in [1.54, 1.807) is 6.07 Å². The van der Waals surface area contributed by atoms with Crippen LogP contribution in [-0.4, -0.2) is 6.61 Å². The van der Waals surface area contributed by atoms with Crippen molar-refractivity contribution in [1.29, 1.82) is 0 Å². The Morgan fingerprint density at radius 3 is 2.83 bits per heavy atom. The summed E-state index contributed by atoms with van der Waals surface area (Å²) in [6.45, 7) is 2.61. The van der Waals surface area contributed by atoms with Gasteiger partial charge in [-0.15, -0.1) is 0 Å². The zero-order valence-corrected chi connectivity index (χ0v) is 13.1. The molecule has 0 radical (unpaired) electrons. The van der Waals surface area contributed by atoms with Crippen LogP contribution in [0.15, 0.2) is 54.6 Å². The molecule has 1 aliphatic heterocycles. The molecule has 0 bridgehead atoms. The number of benzene rings is 2. The van der Waals surface area contributed by atoms with E-state index < -0.39 is 0 Å². The molecular weight excluding hydrogens is 289 g/mol. The van der Waals surface area contributed by atoms with Gasteiger partial charge in [0.25, 0.3) is 0 Å². The number of nitrogens with one attached hydrogen (secondary N) is 1. The van der Waals surface area contributed by atoms with Crippen molar-refractivity contribution in [2.75, 3.05) is 11.9 Å². The van der Waals surface area contributed by atoms with Gasteiger partial charge in [-0.1, -0.05) is 42.5 Å². The van der Waals surface area contributed by atoms with Gasteiger partial charge in [0.15, 0.2) is 0 Å². The molecule has 1 aliphatic carbocycles. The van der Waals surface area contributed by atoms with Gasteiger partial charge in [-0.25, -0.2) is 4.39 Å². The second-order valence-electron chi connectivity index (χ2n) is 6.15. The van der Waals surface area contributed by atoms with E-state index in [9.17, 15) is 4.39 Å². The number of fused-ring (bicyclic) bond motifs is 3. The highest BCUT2D eigenvalue weighted by Crippen LogP contribution is 2.51. The average molecular weight is 309 g/mol. The SMILES string of the molecule is CCOc1ccccc1C1Nc2c(F)cccc2C2C=CCC21. The number of anilines is 1. The highest BCUT2D eigenvalue weighted by Gasteiger charge is 2.39. The van der Waals surface area contributed by atoms with E-state index in [1.165, 1.54) is 6.07 Å². The van der Waals surface area contributed by atoms with Gasteiger partial charge < -0.3 is 10.1 Å². The second-order valence-corrected chi connectivity index (χ2v) is 6.15. The fourth-order valence-electron chi connectivity index (χ4n) is 3.92. The number of hydrogen-bond donors (Lipinski definition) is 1. The van der Waals surface area contributed by atoms with E-state index in [4.69, 9.17) is 4.74 Å². The Hall–Kier alpha value is -2.29. The van der Waals surface area contributed by atoms with Gasteiger partial charge in [0, 0.05) is 11.5 Å². The average Bonchev–Trinajstić information content (AvgIpc) is 3.06. The van der Waals surface area contributed by atoms with Gasteiger partial charge in [-0.05, 0) is 37.0 Å². The molecule has 2 nitrogen and oxygen atoms in total. The monoisotopic (exact) mass is 309 g/mol. The predicted molar refractivity (Wildman–Crippen MR) is 90.4 cm³/mol. The number of rotatable bonds is 3. The Labute approximate surface area is 136 Å². The standard InChI is InChI=1S/C20H20FNO/c1-2-23-18-12-4-3-7-16(18)19-14-9-5-8-13(14)15-10-6-11-17(21)20(15)22-19/h3-8,10-14,19,22H,2,9H2,1H3. The number of halogens is 1. The predicted octanol–water partition coefficient (Wildman–Crippen LogP) is 5.05. The van der Waals surface area contributed by atoms with Crippen LogP contribution in [0.1, 0.15) is 36.4 Å². The molecule has 2 aromatic carbocycles. The minimum atomic E-state index is -0.180. The van der Waals surface area contributed by atoms with Gasteiger partial charge in [-0.2, -0.15) is 0 Å². The van der Waals surface area contributed by atoms with E-state index in [-0.39, 0.29) is 17.8 Å². The molecule has 3 heteroatoms. The van der Waals surface area contributed by atoms with Crippen LogP contribution in [0.2, 0.25) is 0 Å². The summed E-state index contributed by atoms with van der Waals surface area (Å²) in [6, 6.07) is 13.5. The van der Waals surface area contributed by atoms with Crippen LogP contribution < -0.4 is 10.1 Å². The molecule has 0 saturated heterocycles. The van der Waals surface area contributed by atoms with Crippen LogP contribution in [0.5, 0.6) is 5.75 Å². The third kappa shape index (κ3) is 2.31. The summed E-state index contributed by atoms with van der Waals surface area (Å²) in [5.74, 6) is 1.37. The van der Waals surface area contributed by atoms with Crippen LogP contribution in [0.4, 0.5) is 10.1 Å². The van der Waals surface area contributed by atoms with Crippen molar-refractivity contribution in [2.45, 2.75) is 25.3 Å². The topological polar surface area (TPSA) is 21.3 Å². The summed E-state index contributed by atoms with van der Waals surface area (Å²) in [4.78, 5) is 0. The van der Waals surface area contributed by atoms with E-state index in [0.29, 0.717) is 18.2 Å². The normalized spacial score (nSPS) is 24.7. The maximum Gasteiger partial charge on any atom is 0.146 e. The first-order valence-corrected chi connectivity index (χ1v) is 8.23. The Kier molecular flexibility index (Phi) is 3.56. The van der Waals surface area contributed by atoms with E-state index >= 15 is 0 Å². The lowest BCUT2D eigenvalue weighted by atomic mass is 9.77. The zero-order chi connectivity index (χ0) is 15.8. The third-order valence-electron chi connectivity index (χ3n) is 4.90. The van der Waals surface area contributed by atoms with Crippen LogP contribution in [0, 0.1) is 11.7 Å². The fourth-order valence-corrected chi connectivity index (χ4v) is 3.92. The zero-order valence-electron chi connectivity index (χ0n) is 13.1. The quantitative estimate of drug-likeness (QED) is 0.801. The summed E-state index contributed by atoms with van der Waals surface area (Å²) in [5.41, 5.74) is 2.81. The molecule has 118 valence electrons. The lowest BCUT2D eigenvalue weighted by Gasteiger charge is -2.38. The molecule has 1 N–H and O–H groups in total. The van der Waals surface area contributed by atoms with Crippen LogP contribution >= 0.6 is 0 Å². The van der Waals surface area contributed by atoms with Crippen molar-refractivity contribution < 1.29 is 9.13 Å². The molecule has 0 aromatic heterocycles. The van der Waals surface area contributed by atoms with Crippen LogP contribution in [0.25, 0.3) is 0 Å². The van der Waals surface area contributed by atoms with Crippen molar-refractivity contribution in [3.05, 3.63) is 71.6 Å². The Balaban J connectivity index is 1.81. The van der Waals surface area contributed by atoms with Gasteiger partial charge in [0.05, 0.1) is 18.3 Å². The molecule has 0 amide bonds. The maximum atomic E-state index is 14.3. The maximum absolute atomic E-state index is 14.3.